The average Bonchev–Trinajstić information content (AvgIpc) is 2.96. The molecule has 2 N–H and O–H groups in total. The molecule has 0 bridgehead atoms. The van der Waals surface area contributed by atoms with Gasteiger partial charge in [-0.15, -0.1) is 0 Å². The van der Waals surface area contributed by atoms with Crippen LogP contribution in [0.2, 0.25) is 0 Å². The number of halogens is 1. The first-order valence-electron chi connectivity index (χ1n) is 12.9. The van der Waals surface area contributed by atoms with Gasteiger partial charge in [0.05, 0.1) is 5.92 Å². The molecule has 1 fully saturated rings. The molecule has 196 valence electrons. The smallest absolute Gasteiger partial charge is 0.323 e. The number of nitrogens with one attached hydrogen (secondary N) is 2. The van der Waals surface area contributed by atoms with Gasteiger partial charge in [0.15, 0.2) is 0 Å². The summed E-state index contributed by atoms with van der Waals surface area (Å²) in [6.45, 7) is 2.61. The van der Waals surface area contributed by atoms with Gasteiger partial charge in [0.2, 0.25) is 5.91 Å². The lowest BCUT2D eigenvalue weighted by Crippen LogP contribution is -2.50. The fourth-order valence-electron chi connectivity index (χ4n) is 5.16. The molecule has 0 unspecified atom stereocenters. The molecule has 7 nitrogen and oxygen atoms in total. The average molecular weight is 523 g/mol. The van der Waals surface area contributed by atoms with Crippen molar-refractivity contribution in [3.63, 3.8) is 0 Å². The van der Waals surface area contributed by atoms with Gasteiger partial charge in [-0.2, -0.15) is 0 Å². The standard InChI is InChI=1S/C31H27FN4O3/c32-21-6-5-7-23(20-21)34-31(38)33-22-12-14-24(15-13-22)35-16-18-36(19-17-35)30(37)29-25-8-1-3-10-27(25)39-28-11-4-2-9-26(28)29/h1-15,20,29H,16-19H2,(H2,33,34,38). The van der Waals surface area contributed by atoms with E-state index in [4.69, 9.17) is 4.74 Å². The summed E-state index contributed by atoms with van der Waals surface area (Å²) in [4.78, 5) is 30.2. The van der Waals surface area contributed by atoms with E-state index in [-0.39, 0.29) is 11.8 Å². The highest BCUT2D eigenvalue weighted by Gasteiger charge is 2.36. The maximum absolute atomic E-state index is 13.8. The van der Waals surface area contributed by atoms with E-state index >= 15 is 0 Å². The van der Waals surface area contributed by atoms with E-state index in [0.29, 0.717) is 37.6 Å². The van der Waals surface area contributed by atoms with Crippen LogP contribution >= 0.6 is 0 Å². The number of rotatable bonds is 4. The Labute approximate surface area is 225 Å². The predicted octanol–water partition coefficient (Wildman–Crippen LogP) is 6.06. The van der Waals surface area contributed by atoms with Gasteiger partial charge in [-0.25, -0.2) is 9.18 Å². The number of fused-ring (bicyclic) bond motifs is 2. The number of carbonyl (C=O) groups excluding carboxylic acids is 2. The highest BCUT2D eigenvalue weighted by atomic mass is 19.1. The Morgan fingerprint density at radius 2 is 1.33 bits per heavy atom. The van der Waals surface area contributed by atoms with E-state index in [1.165, 1.54) is 18.2 Å². The van der Waals surface area contributed by atoms with E-state index < -0.39 is 11.8 Å². The fourth-order valence-corrected chi connectivity index (χ4v) is 5.16. The Bertz CT molecular complexity index is 1470. The summed E-state index contributed by atoms with van der Waals surface area (Å²) in [7, 11) is 0. The summed E-state index contributed by atoms with van der Waals surface area (Å²) < 4.78 is 19.4. The third-order valence-electron chi connectivity index (χ3n) is 7.09. The van der Waals surface area contributed by atoms with Crippen LogP contribution in [0.4, 0.5) is 26.2 Å². The number of hydrogen-bond acceptors (Lipinski definition) is 4. The normalized spacial score (nSPS) is 14.6. The first-order chi connectivity index (χ1) is 19.0. The number of carbonyl (C=O) groups is 2. The second-order valence-electron chi connectivity index (χ2n) is 9.56. The Balaban J connectivity index is 1.08. The predicted molar refractivity (Wildman–Crippen MR) is 149 cm³/mol. The van der Waals surface area contributed by atoms with E-state index in [1.54, 1.807) is 6.07 Å². The minimum Gasteiger partial charge on any atom is -0.457 e. The van der Waals surface area contributed by atoms with Crippen molar-refractivity contribution in [1.82, 2.24) is 4.90 Å². The fraction of sp³-hybridized carbons (Fsp3) is 0.161. The van der Waals surface area contributed by atoms with Crippen molar-refractivity contribution in [2.24, 2.45) is 0 Å². The van der Waals surface area contributed by atoms with Crippen LogP contribution in [-0.4, -0.2) is 43.0 Å². The van der Waals surface area contributed by atoms with Crippen molar-refractivity contribution in [2.75, 3.05) is 41.7 Å². The van der Waals surface area contributed by atoms with Gasteiger partial charge in [-0.3, -0.25) is 4.79 Å². The summed E-state index contributed by atoms with van der Waals surface area (Å²) in [5.41, 5.74) is 3.81. The minimum absolute atomic E-state index is 0.0849. The van der Waals surface area contributed by atoms with Crippen LogP contribution in [0.5, 0.6) is 11.5 Å². The van der Waals surface area contributed by atoms with Gasteiger partial charge in [0.25, 0.3) is 0 Å². The molecule has 39 heavy (non-hydrogen) atoms. The van der Waals surface area contributed by atoms with Crippen LogP contribution in [0.25, 0.3) is 0 Å². The topological polar surface area (TPSA) is 73.9 Å². The van der Waals surface area contributed by atoms with Crippen LogP contribution in [0.15, 0.2) is 97.1 Å². The van der Waals surface area contributed by atoms with Gasteiger partial charge in [0, 0.05) is 54.4 Å². The Kier molecular flexibility index (Phi) is 6.59. The van der Waals surface area contributed by atoms with Gasteiger partial charge in [-0.1, -0.05) is 42.5 Å². The number of benzene rings is 4. The Morgan fingerprint density at radius 3 is 1.97 bits per heavy atom. The number of amides is 3. The molecule has 4 aromatic carbocycles. The maximum Gasteiger partial charge on any atom is 0.323 e. The molecule has 0 spiro atoms. The lowest BCUT2D eigenvalue weighted by Gasteiger charge is -2.38. The molecular formula is C31H27FN4O3. The molecule has 2 aliphatic heterocycles. The van der Waals surface area contributed by atoms with Crippen molar-refractivity contribution in [3.05, 3.63) is 114 Å². The Morgan fingerprint density at radius 1 is 0.718 bits per heavy atom. The Hall–Kier alpha value is -4.85. The summed E-state index contributed by atoms with van der Waals surface area (Å²) in [5, 5.41) is 5.38. The zero-order chi connectivity index (χ0) is 26.8. The molecule has 4 aromatic rings. The SMILES string of the molecule is O=C(Nc1ccc(N2CCN(C(=O)C3c4ccccc4Oc4ccccc43)CC2)cc1)Nc1cccc(F)c1. The van der Waals surface area contributed by atoms with E-state index in [9.17, 15) is 14.0 Å². The third-order valence-corrected chi connectivity index (χ3v) is 7.09. The molecule has 0 saturated carbocycles. The van der Waals surface area contributed by atoms with Crippen LogP contribution in [0, 0.1) is 5.82 Å². The van der Waals surface area contributed by atoms with Gasteiger partial charge >= 0.3 is 6.03 Å². The van der Waals surface area contributed by atoms with E-state index in [0.717, 1.165) is 28.3 Å². The minimum atomic E-state index is -0.447. The molecule has 0 atom stereocenters. The number of nitrogens with zero attached hydrogens (tertiary/aromatic N) is 2. The summed E-state index contributed by atoms with van der Waals surface area (Å²) >= 11 is 0. The lowest BCUT2D eigenvalue weighted by atomic mass is 9.86. The van der Waals surface area contributed by atoms with Crippen LogP contribution in [0.1, 0.15) is 17.0 Å². The number of ether oxygens (including phenoxy) is 1. The first kappa shape index (κ1) is 24.5. The van der Waals surface area contributed by atoms with Crippen molar-refractivity contribution < 1.29 is 18.7 Å². The molecule has 0 aromatic heterocycles. The van der Waals surface area contributed by atoms with Gasteiger partial charge < -0.3 is 25.2 Å². The molecule has 3 amide bonds. The zero-order valence-corrected chi connectivity index (χ0v) is 21.1. The molecule has 0 radical (unpaired) electrons. The van der Waals surface area contributed by atoms with Crippen LogP contribution < -0.4 is 20.3 Å². The molecule has 8 heteroatoms. The molecule has 0 aliphatic carbocycles. The summed E-state index contributed by atoms with van der Waals surface area (Å²) in [5.74, 6) is 0.739. The van der Waals surface area contributed by atoms with Gasteiger partial charge in [0.1, 0.15) is 17.3 Å². The van der Waals surface area contributed by atoms with Crippen LogP contribution in [0.3, 0.4) is 0 Å². The number of urea groups is 1. The summed E-state index contributed by atoms with van der Waals surface area (Å²) in [6, 6.07) is 28.3. The second-order valence-corrected chi connectivity index (χ2v) is 9.56. The van der Waals surface area contributed by atoms with Crippen LogP contribution in [-0.2, 0) is 4.79 Å². The largest absolute Gasteiger partial charge is 0.457 e. The monoisotopic (exact) mass is 522 g/mol. The number of para-hydroxylation sites is 2. The van der Waals surface area contributed by atoms with E-state index in [2.05, 4.69) is 15.5 Å². The van der Waals surface area contributed by atoms with Crippen molar-refractivity contribution in [1.29, 1.82) is 0 Å². The maximum atomic E-state index is 13.8. The van der Waals surface area contributed by atoms with E-state index in [1.807, 2.05) is 77.7 Å². The number of anilines is 3. The molecule has 1 saturated heterocycles. The molecule has 6 rings (SSSR count). The number of piperazine rings is 1. The lowest BCUT2D eigenvalue weighted by molar-refractivity contribution is -0.132. The third kappa shape index (κ3) is 5.13. The molecule has 2 heterocycles. The van der Waals surface area contributed by atoms with Gasteiger partial charge in [-0.05, 0) is 54.6 Å². The van der Waals surface area contributed by atoms with Crippen molar-refractivity contribution >= 4 is 29.0 Å². The molecule has 2 aliphatic rings. The van der Waals surface area contributed by atoms with Crippen molar-refractivity contribution in [2.45, 2.75) is 5.92 Å². The highest BCUT2D eigenvalue weighted by molar-refractivity contribution is 5.99. The summed E-state index contributed by atoms with van der Waals surface area (Å²) in [6.07, 6.45) is 0. The highest BCUT2D eigenvalue weighted by Crippen LogP contribution is 2.44. The zero-order valence-electron chi connectivity index (χ0n) is 21.1. The second kappa shape index (κ2) is 10.5. The molecular weight excluding hydrogens is 495 g/mol. The number of hydrogen-bond donors (Lipinski definition) is 2. The first-order valence-corrected chi connectivity index (χ1v) is 12.9. The quantitative estimate of drug-likeness (QED) is 0.342. The van der Waals surface area contributed by atoms with Crippen molar-refractivity contribution in [3.8, 4) is 11.5 Å².